The van der Waals surface area contributed by atoms with Crippen molar-refractivity contribution >= 4 is 24.0 Å². The lowest BCUT2D eigenvalue weighted by atomic mass is 9.53. The molecule has 0 aromatic heterocycles. The van der Waals surface area contributed by atoms with Crippen LogP contribution in [-0.2, 0) is 14.3 Å². The van der Waals surface area contributed by atoms with Crippen molar-refractivity contribution in [3.63, 3.8) is 0 Å². The molecule has 4 aliphatic rings. The Balaban J connectivity index is 1.21. The van der Waals surface area contributed by atoms with E-state index in [0.717, 1.165) is 24.8 Å². The van der Waals surface area contributed by atoms with E-state index in [-0.39, 0.29) is 5.54 Å². The molecule has 3 amide bonds. The molecule has 1 aromatic carbocycles. The van der Waals surface area contributed by atoms with Gasteiger partial charge >= 0.3 is 12.0 Å². The Bertz CT molecular complexity index is 752. The minimum absolute atomic E-state index is 0.159. The number of urea groups is 1. The van der Waals surface area contributed by atoms with Gasteiger partial charge in [0, 0.05) is 11.6 Å². The first-order valence-corrected chi connectivity index (χ1v) is 10.0. The smallest absolute Gasteiger partial charge is 0.331 e. The van der Waals surface area contributed by atoms with Gasteiger partial charge < -0.3 is 10.1 Å². The highest BCUT2D eigenvalue weighted by Crippen LogP contribution is 2.55. The summed E-state index contributed by atoms with van der Waals surface area (Å²) in [6.45, 7) is -0.480. The van der Waals surface area contributed by atoms with Crippen molar-refractivity contribution in [1.82, 2.24) is 10.6 Å². The zero-order valence-corrected chi connectivity index (χ0v) is 15.9. The van der Waals surface area contributed by atoms with Gasteiger partial charge in [0.2, 0.25) is 0 Å². The van der Waals surface area contributed by atoms with E-state index in [1.807, 2.05) is 30.3 Å². The molecule has 0 heterocycles. The number of hydrogen-bond donors (Lipinski definition) is 2. The van der Waals surface area contributed by atoms with Gasteiger partial charge in [-0.2, -0.15) is 0 Å². The summed E-state index contributed by atoms with van der Waals surface area (Å²) >= 11 is 0. The quantitative estimate of drug-likeness (QED) is 0.606. The molecule has 4 aliphatic carbocycles. The van der Waals surface area contributed by atoms with E-state index in [0.29, 0.717) is 17.8 Å². The summed E-state index contributed by atoms with van der Waals surface area (Å²) in [7, 11) is 0. The Morgan fingerprint density at radius 3 is 2.21 bits per heavy atom. The highest BCUT2D eigenvalue weighted by Gasteiger charge is 2.51. The lowest BCUT2D eigenvalue weighted by Gasteiger charge is -2.56. The lowest BCUT2D eigenvalue weighted by Crippen LogP contribution is -2.62. The molecule has 6 nitrogen and oxygen atoms in total. The van der Waals surface area contributed by atoms with Crippen molar-refractivity contribution < 1.29 is 19.1 Å². The highest BCUT2D eigenvalue weighted by molar-refractivity contribution is 5.96. The molecule has 1 aromatic rings. The second-order valence-corrected chi connectivity index (χ2v) is 8.55. The van der Waals surface area contributed by atoms with Crippen LogP contribution < -0.4 is 10.6 Å². The maximum Gasteiger partial charge on any atom is 0.331 e. The van der Waals surface area contributed by atoms with Crippen molar-refractivity contribution in [3.8, 4) is 0 Å². The summed E-state index contributed by atoms with van der Waals surface area (Å²) in [5.74, 6) is 0.878. The zero-order chi connectivity index (χ0) is 19.6. The topological polar surface area (TPSA) is 84.5 Å². The summed E-state index contributed by atoms with van der Waals surface area (Å²) in [6.07, 6.45) is 9.77. The lowest BCUT2D eigenvalue weighted by molar-refractivity contribution is -0.143. The molecule has 0 radical (unpaired) electrons. The fourth-order valence-corrected chi connectivity index (χ4v) is 5.61. The predicted octanol–water partition coefficient (Wildman–Crippen LogP) is 3.04. The number of esters is 1. The number of amides is 3. The van der Waals surface area contributed by atoms with Crippen LogP contribution in [0.5, 0.6) is 0 Å². The van der Waals surface area contributed by atoms with Crippen molar-refractivity contribution in [1.29, 1.82) is 0 Å². The van der Waals surface area contributed by atoms with Gasteiger partial charge in [-0.1, -0.05) is 30.3 Å². The molecule has 0 spiro atoms. The molecule has 4 saturated carbocycles. The second-order valence-electron chi connectivity index (χ2n) is 8.55. The van der Waals surface area contributed by atoms with E-state index in [9.17, 15) is 14.4 Å². The number of carbonyl (C=O) groups is 3. The molecular formula is C22H26N2O4. The third kappa shape index (κ3) is 4.43. The molecule has 0 saturated heterocycles. The molecule has 5 rings (SSSR count). The minimum atomic E-state index is -0.625. The van der Waals surface area contributed by atoms with Crippen molar-refractivity contribution in [2.75, 3.05) is 6.61 Å². The van der Waals surface area contributed by atoms with Gasteiger partial charge in [0.05, 0.1) is 0 Å². The molecule has 0 aliphatic heterocycles. The third-order valence-electron chi connectivity index (χ3n) is 6.23. The third-order valence-corrected chi connectivity index (χ3v) is 6.23. The number of benzene rings is 1. The average molecular weight is 382 g/mol. The van der Waals surface area contributed by atoms with Crippen molar-refractivity contribution in [2.24, 2.45) is 17.8 Å². The largest absolute Gasteiger partial charge is 0.452 e. The maximum atomic E-state index is 12.3. The van der Waals surface area contributed by atoms with Crippen LogP contribution in [0.25, 0.3) is 6.08 Å². The van der Waals surface area contributed by atoms with Crippen LogP contribution in [0.4, 0.5) is 4.79 Å². The predicted molar refractivity (Wildman–Crippen MR) is 104 cm³/mol. The number of imide groups is 1. The average Bonchev–Trinajstić information content (AvgIpc) is 2.64. The van der Waals surface area contributed by atoms with Gasteiger partial charge in [0.15, 0.2) is 6.61 Å². The Morgan fingerprint density at radius 1 is 1.00 bits per heavy atom. The summed E-state index contributed by atoms with van der Waals surface area (Å²) < 4.78 is 4.90. The fraction of sp³-hybridized carbons (Fsp3) is 0.500. The monoisotopic (exact) mass is 382 g/mol. The summed E-state index contributed by atoms with van der Waals surface area (Å²) in [5, 5.41) is 5.36. The molecule has 4 bridgehead atoms. The molecule has 6 heteroatoms. The molecule has 0 atom stereocenters. The maximum absolute atomic E-state index is 12.3. The first-order valence-electron chi connectivity index (χ1n) is 10.0. The first kappa shape index (κ1) is 18.7. The Morgan fingerprint density at radius 2 is 1.61 bits per heavy atom. The van der Waals surface area contributed by atoms with Crippen LogP contribution in [0.3, 0.4) is 0 Å². The van der Waals surface area contributed by atoms with E-state index in [2.05, 4.69) is 10.6 Å². The SMILES string of the molecule is O=C(COC(=O)/C=C/c1ccccc1)NC(=O)NC12CC3CC(CC(C3)C1)C2. The van der Waals surface area contributed by atoms with Gasteiger partial charge in [-0.15, -0.1) is 0 Å². The van der Waals surface area contributed by atoms with E-state index in [1.54, 1.807) is 6.08 Å². The van der Waals surface area contributed by atoms with Gasteiger partial charge in [-0.05, 0) is 67.9 Å². The number of nitrogens with one attached hydrogen (secondary N) is 2. The molecule has 148 valence electrons. The van der Waals surface area contributed by atoms with Gasteiger partial charge in [-0.3, -0.25) is 10.1 Å². The number of carbonyl (C=O) groups excluding carboxylic acids is 3. The molecule has 4 fully saturated rings. The van der Waals surface area contributed by atoms with Crippen LogP contribution in [0.2, 0.25) is 0 Å². The molecule has 2 N–H and O–H groups in total. The van der Waals surface area contributed by atoms with Crippen LogP contribution in [0.1, 0.15) is 44.1 Å². The Kier molecular flexibility index (Phi) is 5.20. The standard InChI is InChI=1S/C22H26N2O4/c25-19(14-28-20(26)7-6-15-4-2-1-3-5-15)23-21(27)24-22-11-16-8-17(12-22)10-18(9-16)13-22/h1-7,16-18H,8-14H2,(H2,23,24,25,27)/b7-6+. The first-order chi connectivity index (χ1) is 13.5. The second kappa shape index (κ2) is 7.78. The summed E-state index contributed by atoms with van der Waals surface area (Å²) in [4.78, 5) is 36.0. The Labute approximate surface area is 164 Å². The normalized spacial score (nSPS) is 30.2. The van der Waals surface area contributed by atoms with Crippen LogP contribution in [0.15, 0.2) is 36.4 Å². The fourth-order valence-electron chi connectivity index (χ4n) is 5.61. The minimum Gasteiger partial charge on any atom is -0.452 e. The zero-order valence-electron chi connectivity index (χ0n) is 15.9. The summed E-state index contributed by atoms with van der Waals surface area (Å²) in [5.41, 5.74) is 0.702. The van der Waals surface area contributed by atoms with E-state index < -0.39 is 24.5 Å². The highest BCUT2D eigenvalue weighted by atomic mass is 16.5. The number of hydrogen-bond acceptors (Lipinski definition) is 4. The summed E-state index contributed by atoms with van der Waals surface area (Å²) in [6, 6.07) is 8.83. The van der Waals surface area contributed by atoms with Gasteiger partial charge in [-0.25, -0.2) is 9.59 Å². The van der Waals surface area contributed by atoms with Gasteiger partial charge in [0.1, 0.15) is 0 Å². The number of ether oxygens (including phenoxy) is 1. The van der Waals surface area contributed by atoms with E-state index in [1.165, 1.54) is 25.3 Å². The van der Waals surface area contributed by atoms with Crippen LogP contribution in [-0.4, -0.2) is 30.1 Å². The number of rotatable bonds is 5. The van der Waals surface area contributed by atoms with Crippen LogP contribution in [0, 0.1) is 17.8 Å². The molecule has 28 heavy (non-hydrogen) atoms. The van der Waals surface area contributed by atoms with E-state index >= 15 is 0 Å². The van der Waals surface area contributed by atoms with Crippen molar-refractivity contribution in [2.45, 2.75) is 44.1 Å². The van der Waals surface area contributed by atoms with Crippen LogP contribution >= 0.6 is 0 Å². The van der Waals surface area contributed by atoms with Crippen molar-refractivity contribution in [3.05, 3.63) is 42.0 Å². The van der Waals surface area contributed by atoms with Gasteiger partial charge in [0.25, 0.3) is 5.91 Å². The molecular weight excluding hydrogens is 356 g/mol. The Hall–Kier alpha value is -2.63. The molecule has 0 unspecified atom stereocenters. The van der Waals surface area contributed by atoms with E-state index in [4.69, 9.17) is 4.74 Å².